The van der Waals surface area contributed by atoms with Crippen molar-refractivity contribution < 1.29 is 8.83 Å². The maximum Gasteiger partial charge on any atom is 0.252 e. The maximum absolute atomic E-state index is 6.70. The lowest BCUT2D eigenvalue weighted by Crippen LogP contribution is -2.61. The van der Waals surface area contributed by atoms with E-state index in [-0.39, 0.29) is 17.5 Å². The molecule has 0 aliphatic carbocycles. The van der Waals surface area contributed by atoms with Crippen LogP contribution in [0.4, 0.5) is 34.1 Å². The molecule has 4 nitrogen and oxygen atoms in total. The average molecular weight is 1250 g/mol. The zero-order chi connectivity index (χ0) is 65.3. The van der Waals surface area contributed by atoms with E-state index in [1.165, 1.54) is 33.1 Å². The van der Waals surface area contributed by atoms with Gasteiger partial charge in [-0.25, -0.2) is 0 Å². The second-order valence-corrected chi connectivity index (χ2v) is 28.3. The minimum Gasteiger partial charge on any atom is -0.456 e. The van der Waals surface area contributed by atoms with Crippen LogP contribution < -0.4 is 26.2 Å². The molecule has 5 heteroatoms. The Labute approximate surface area is 567 Å². The van der Waals surface area contributed by atoms with E-state index in [4.69, 9.17) is 8.83 Å². The van der Waals surface area contributed by atoms with Gasteiger partial charge in [0.1, 0.15) is 22.3 Å². The van der Waals surface area contributed by atoms with Crippen LogP contribution in [0.2, 0.25) is 0 Å². The highest BCUT2D eigenvalue weighted by atomic mass is 16.3. The summed E-state index contributed by atoms with van der Waals surface area (Å²) < 4.78 is 13.4. The van der Waals surface area contributed by atoms with Gasteiger partial charge in [0.15, 0.2) is 0 Å². The molecule has 2 aliphatic rings. The first-order valence-electron chi connectivity index (χ1n) is 33.9. The normalized spacial score (nSPS) is 12.8. The Morgan fingerprint density at radius 3 is 0.969 bits per heavy atom. The minimum atomic E-state index is -0.309. The van der Waals surface area contributed by atoms with Crippen LogP contribution in [0.3, 0.4) is 0 Å². The molecule has 2 aliphatic heterocycles. The predicted molar refractivity (Wildman–Crippen MR) is 410 cm³/mol. The number of furan rings is 2. The molecular formula is C92H69BN2O2. The first kappa shape index (κ1) is 58.0. The lowest BCUT2D eigenvalue weighted by Gasteiger charge is -2.46. The molecule has 0 saturated carbocycles. The van der Waals surface area contributed by atoms with E-state index < -0.39 is 0 Å². The van der Waals surface area contributed by atoms with Crippen LogP contribution in [0.15, 0.2) is 318 Å². The molecule has 97 heavy (non-hydrogen) atoms. The fourth-order valence-corrected chi connectivity index (χ4v) is 15.7. The van der Waals surface area contributed by atoms with E-state index in [0.717, 1.165) is 150 Å². The van der Waals surface area contributed by atoms with E-state index in [9.17, 15) is 0 Å². The molecule has 0 spiro atoms. The van der Waals surface area contributed by atoms with Gasteiger partial charge in [-0.1, -0.05) is 302 Å². The molecule has 0 radical (unpaired) electrons. The summed E-state index contributed by atoms with van der Waals surface area (Å²) in [5, 5.41) is 4.40. The number of hydrogen-bond donors (Lipinski definition) is 0. The van der Waals surface area contributed by atoms with E-state index >= 15 is 0 Å². The molecule has 14 aromatic carbocycles. The van der Waals surface area contributed by atoms with Crippen LogP contribution in [-0.2, 0) is 10.8 Å². The maximum atomic E-state index is 6.70. The molecule has 0 atom stereocenters. The molecule has 16 aromatic rings. The third-order valence-corrected chi connectivity index (χ3v) is 20.3. The third kappa shape index (κ3) is 9.58. The smallest absolute Gasteiger partial charge is 0.252 e. The number of fused-ring (bicyclic) bond motifs is 10. The zero-order valence-electron chi connectivity index (χ0n) is 55.2. The van der Waals surface area contributed by atoms with Gasteiger partial charge in [-0.15, -0.1) is 0 Å². The highest BCUT2D eigenvalue weighted by Gasteiger charge is 2.46. The van der Waals surface area contributed by atoms with Gasteiger partial charge in [-0.3, -0.25) is 0 Å². The van der Waals surface area contributed by atoms with E-state index in [1.807, 2.05) is 0 Å². The van der Waals surface area contributed by atoms with Gasteiger partial charge >= 0.3 is 0 Å². The summed E-state index contributed by atoms with van der Waals surface area (Å²) in [6, 6.07) is 115. The van der Waals surface area contributed by atoms with Crippen molar-refractivity contribution in [3.63, 3.8) is 0 Å². The SMILES string of the molecule is CC(C)(C)c1cc(-c2cc3c4c(c2)N(c2c(-c5ccccc5)cccc2-c2ccccc2)c2ccc(-c5cccc6oc7ccccc7c56)cc2B4c2cc(-c4cccc5oc6ccccc6c45)ccc2N3c2c(-c3ccccc3)cccc2-c2ccccc2)cc(C(C)(C)C)c1. The number of nitrogens with zero attached hydrogens (tertiary/aromatic N) is 2. The Morgan fingerprint density at radius 1 is 0.258 bits per heavy atom. The van der Waals surface area contributed by atoms with Crippen molar-refractivity contribution in [1.29, 1.82) is 0 Å². The van der Waals surface area contributed by atoms with Crippen LogP contribution in [-0.4, -0.2) is 6.71 Å². The first-order chi connectivity index (χ1) is 47.4. The fraction of sp³-hybridized carbons (Fsp3) is 0.0870. The molecule has 0 fully saturated rings. The van der Waals surface area contributed by atoms with Crippen LogP contribution in [0.25, 0.3) is 122 Å². The topological polar surface area (TPSA) is 32.8 Å². The van der Waals surface area contributed by atoms with E-state index in [0.29, 0.717) is 0 Å². The Balaban J connectivity index is 1.04. The number of hydrogen-bond acceptors (Lipinski definition) is 4. The van der Waals surface area contributed by atoms with E-state index in [2.05, 4.69) is 361 Å². The van der Waals surface area contributed by atoms with Crippen LogP contribution in [0.5, 0.6) is 0 Å². The average Bonchev–Trinajstić information content (AvgIpc) is 1.24. The number of para-hydroxylation sites is 4. The van der Waals surface area contributed by atoms with Gasteiger partial charge in [-0.2, -0.15) is 0 Å². The van der Waals surface area contributed by atoms with Gasteiger partial charge in [0.05, 0.1) is 11.4 Å². The molecule has 4 heterocycles. The number of rotatable bonds is 9. The lowest BCUT2D eigenvalue weighted by atomic mass is 9.33. The summed E-state index contributed by atoms with van der Waals surface area (Å²) in [5.41, 5.74) is 31.9. The van der Waals surface area contributed by atoms with E-state index in [1.54, 1.807) is 0 Å². The van der Waals surface area contributed by atoms with Gasteiger partial charge in [-0.05, 0) is 143 Å². The molecular weight excluding hydrogens is 1180 g/mol. The van der Waals surface area contributed by atoms with Crippen LogP contribution in [0.1, 0.15) is 52.7 Å². The fourth-order valence-electron chi connectivity index (χ4n) is 15.7. The quantitative estimate of drug-likeness (QED) is 0.135. The monoisotopic (exact) mass is 1240 g/mol. The highest BCUT2D eigenvalue weighted by Crippen LogP contribution is 2.55. The molecule has 0 amide bonds. The van der Waals surface area contributed by atoms with Crippen molar-refractivity contribution >= 4 is 101 Å². The van der Waals surface area contributed by atoms with Gasteiger partial charge < -0.3 is 18.6 Å². The third-order valence-electron chi connectivity index (χ3n) is 20.3. The Kier molecular flexibility index (Phi) is 13.4. The number of benzene rings is 14. The zero-order valence-corrected chi connectivity index (χ0v) is 55.2. The van der Waals surface area contributed by atoms with Crippen LogP contribution in [0, 0.1) is 0 Å². The Bertz CT molecular complexity index is 5330. The molecule has 18 rings (SSSR count). The Hall–Kier alpha value is -11.7. The molecule has 0 bridgehead atoms. The number of anilines is 6. The first-order valence-corrected chi connectivity index (χ1v) is 33.9. The standard InChI is InChI=1S/C92H69BN2O2/c1-91(2,3)66-51-64(52-67(57-66)92(4,5)6)65-55-80-88-81(56-65)95(90-72(60-31-15-9-16-32-60)41-24-42-73(90)61-33-17-10-18-34-61)79-50-48-63(69-38-26-46-85-87(69)75-36-20-22-44-83(75)97-85)54-77(79)93(88)76-53-62(68-37-25-45-84-86(68)74-35-19-21-43-82(74)96-84)47-49-78(76)94(80)89-70(58-27-11-7-12-28-58)39-23-40-71(89)59-29-13-8-14-30-59/h7-57H,1-6H3. The van der Waals surface area contributed by atoms with Gasteiger partial charge in [0.2, 0.25) is 0 Å². The van der Waals surface area contributed by atoms with Crippen molar-refractivity contribution in [1.82, 2.24) is 0 Å². The van der Waals surface area contributed by atoms with Crippen LogP contribution >= 0.6 is 0 Å². The lowest BCUT2D eigenvalue weighted by molar-refractivity contribution is 0.569. The van der Waals surface area contributed by atoms with Crippen molar-refractivity contribution in [2.24, 2.45) is 0 Å². The van der Waals surface area contributed by atoms with Crippen molar-refractivity contribution in [2.45, 2.75) is 52.4 Å². The largest absolute Gasteiger partial charge is 0.456 e. The summed E-state index contributed by atoms with van der Waals surface area (Å²) in [6.07, 6.45) is 0. The van der Waals surface area contributed by atoms with Gasteiger partial charge in [0, 0.05) is 66.5 Å². The summed E-state index contributed by atoms with van der Waals surface area (Å²) in [6.45, 7) is 13.8. The molecule has 462 valence electrons. The summed E-state index contributed by atoms with van der Waals surface area (Å²) >= 11 is 0. The highest BCUT2D eigenvalue weighted by molar-refractivity contribution is 7.00. The summed E-state index contributed by atoms with van der Waals surface area (Å²) in [7, 11) is 0. The van der Waals surface area contributed by atoms with Crippen molar-refractivity contribution in [3.05, 3.63) is 321 Å². The van der Waals surface area contributed by atoms with Crippen molar-refractivity contribution in [2.75, 3.05) is 9.80 Å². The summed E-state index contributed by atoms with van der Waals surface area (Å²) in [5.74, 6) is 0. The predicted octanol–water partition coefficient (Wildman–Crippen LogP) is 23.8. The van der Waals surface area contributed by atoms with Gasteiger partial charge in [0.25, 0.3) is 6.71 Å². The second kappa shape index (κ2) is 22.5. The molecule has 0 N–H and O–H groups in total. The molecule has 2 aromatic heterocycles. The second-order valence-electron chi connectivity index (χ2n) is 28.3. The van der Waals surface area contributed by atoms with Crippen molar-refractivity contribution in [3.8, 4) is 77.9 Å². The summed E-state index contributed by atoms with van der Waals surface area (Å²) in [4.78, 5) is 5.34. The molecule has 0 saturated heterocycles. The molecule has 0 unspecified atom stereocenters. The Morgan fingerprint density at radius 2 is 0.588 bits per heavy atom. The minimum absolute atomic E-state index is 0.145.